The Balaban J connectivity index is 2.41. The molecule has 0 amide bonds. The zero-order valence-electron chi connectivity index (χ0n) is 10.3. The van der Waals surface area contributed by atoms with Crippen LogP contribution >= 0.6 is 0 Å². The summed E-state index contributed by atoms with van der Waals surface area (Å²) in [5.41, 5.74) is 18.7. The second-order valence-electron chi connectivity index (χ2n) is 4.15. The number of anilines is 3. The summed E-state index contributed by atoms with van der Waals surface area (Å²) < 4.78 is 0. The second kappa shape index (κ2) is 4.99. The molecule has 0 spiro atoms. The van der Waals surface area contributed by atoms with Gasteiger partial charge in [0.1, 0.15) is 5.82 Å². The number of hydrogen-bond acceptors (Lipinski definition) is 7. The van der Waals surface area contributed by atoms with Gasteiger partial charge < -0.3 is 17.2 Å². The number of aryl methyl sites for hydroxylation is 1. The van der Waals surface area contributed by atoms with Gasteiger partial charge in [-0.3, -0.25) is 0 Å². The number of nitrogens with zero attached hydrogens (tertiary/aromatic N) is 4. The van der Waals surface area contributed by atoms with Gasteiger partial charge in [0.25, 0.3) is 0 Å². The summed E-state index contributed by atoms with van der Waals surface area (Å²) in [6, 6.07) is 0. The highest BCUT2D eigenvalue weighted by molar-refractivity contribution is 5.83. The van der Waals surface area contributed by atoms with Crippen LogP contribution in [0.25, 0.3) is 11.2 Å². The molecule has 2 rings (SSSR count). The molecular formula is C11H17N7. The molecule has 0 radical (unpaired) electrons. The van der Waals surface area contributed by atoms with Gasteiger partial charge in [0.15, 0.2) is 17.0 Å². The zero-order valence-corrected chi connectivity index (χ0v) is 10.3. The average Bonchev–Trinajstić information content (AvgIpc) is 2.31. The normalized spacial score (nSPS) is 10.9. The Morgan fingerprint density at radius 3 is 2.39 bits per heavy atom. The summed E-state index contributed by atoms with van der Waals surface area (Å²) in [5.74, 6) is 0.689. The minimum Gasteiger partial charge on any atom is -0.382 e. The lowest BCUT2D eigenvalue weighted by atomic mass is 10.1. The molecule has 7 heteroatoms. The molecule has 0 aliphatic carbocycles. The fourth-order valence-corrected chi connectivity index (χ4v) is 1.76. The molecule has 0 aliphatic rings. The van der Waals surface area contributed by atoms with E-state index < -0.39 is 0 Å². The lowest BCUT2D eigenvalue weighted by Gasteiger charge is -2.07. The lowest BCUT2D eigenvalue weighted by Crippen LogP contribution is -2.08. The van der Waals surface area contributed by atoms with E-state index in [1.54, 1.807) is 0 Å². The van der Waals surface area contributed by atoms with E-state index in [1.807, 2.05) is 0 Å². The van der Waals surface area contributed by atoms with Gasteiger partial charge in [-0.15, -0.1) is 0 Å². The van der Waals surface area contributed by atoms with E-state index >= 15 is 0 Å². The summed E-state index contributed by atoms with van der Waals surface area (Å²) >= 11 is 0. The minimum atomic E-state index is 0.0959. The highest BCUT2D eigenvalue weighted by Gasteiger charge is 2.11. The van der Waals surface area contributed by atoms with Crippen molar-refractivity contribution >= 4 is 28.7 Å². The van der Waals surface area contributed by atoms with Gasteiger partial charge in [-0.25, -0.2) is 9.97 Å². The van der Waals surface area contributed by atoms with Crippen LogP contribution in [0.2, 0.25) is 0 Å². The number of nitrogens with two attached hydrogens (primary N) is 3. The standard InChI is InChI=1S/C11H17N7/c1-2-3-4-5-6-8(12)16-7-9(13)17-11(14)18-10(7)15-6/h2-5H2,1H3,(H2,12,16)(H4,13,14,15,17,18). The number of hydrogen-bond donors (Lipinski definition) is 3. The van der Waals surface area contributed by atoms with Crippen LogP contribution in [0.5, 0.6) is 0 Å². The Hall–Kier alpha value is -2.18. The van der Waals surface area contributed by atoms with Crippen molar-refractivity contribution in [3.8, 4) is 0 Å². The van der Waals surface area contributed by atoms with Crippen molar-refractivity contribution in [2.24, 2.45) is 0 Å². The molecule has 0 unspecified atom stereocenters. The van der Waals surface area contributed by atoms with Crippen LogP contribution in [0, 0.1) is 0 Å². The van der Waals surface area contributed by atoms with Crippen molar-refractivity contribution in [2.45, 2.75) is 32.6 Å². The number of unbranched alkanes of at least 4 members (excludes halogenated alkanes) is 2. The van der Waals surface area contributed by atoms with Crippen LogP contribution in [0.1, 0.15) is 31.9 Å². The predicted molar refractivity (Wildman–Crippen MR) is 71.6 cm³/mol. The Morgan fingerprint density at radius 2 is 1.67 bits per heavy atom. The second-order valence-corrected chi connectivity index (χ2v) is 4.15. The first-order valence-electron chi connectivity index (χ1n) is 5.97. The molecule has 2 heterocycles. The number of aromatic nitrogens is 4. The molecule has 0 bridgehead atoms. The van der Waals surface area contributed by atoms with Crippen LogP contribution in [0.4, 0.5) is 17.6 Å². The SMILES string of the molecule is CCCCCc1nc2nc(N)nc(N)c2nc1N. The van der Waals surface area contributed by atoms with Gasteiger partial charge >= 0.3 is 0 Å². The molecule has 0 saturated carbocycles. The largest absolute Gasteiger partial charge is 0.382 e. The molecule has 0 aliphatic heterocycles. The third-order valence-corrected chi connectivity index (χ3v) is 2.70. The Morgan fingerprint density at radius 1 is 0.889 bits per heavy atom. The Bertz CT molecular complexity index is 567. The fourth-order valence-electron chi connectivity index (χ4n) is 1.76. The summed E-state index contributed by atoms with van der Waals surface area (Å²) in [7, 11) is 0. The molecule has 2 aromatic rings. The van der Waals surface area contributed by atoms with E-state index in [0.717, 1.165) is 31.4 Å². The molecule has 7 nitrogen and oxygen atoms in total. The van der Waals surface area contributed by atoms with Crippen LogP contribution in [0.15, 0.2) is 0 Å². The van der Waals surface area contributed by atoms with Gasteiger partial charge in [-0.05, 0) is 12.8 Å². The van der Waals surface area contributed by atoms with Crippen LogP contribution < -0.4 is 17.2 Å². The molecular weight excluding hydrogens is 230 g/mol. The summed E-state index contributed by atoms with van der Waals surface area (Å²) in [6.07, 6.45) is 4.08. The molecule has 96 valence electrons. The summed E-state index contributed by atoms with van der Waals surface area (Å²) in [5, 5.41) is 0. The molecule has 0 saturated heterocycles. The Labute approximate surface area is 105 Å². The van der Waals surface area contributed by atoms with E-state index in [-0.39, 0.29) is 11.8 Å². The van der Waals surface area contributed by atoms with Gasteiger partial charge in [-0.2, -0.15) is 9.97 Å². The molecule has 6 N–H and O–H groups in total. The minimum absolute atomic E-state index is 0.0959. The molecule has 0 aromatic carbocycles. The van der Waals surface area contributed by atoms with E-state index in [4.69, 9.17) is 17.2 Å². The smallest absolute Gasteiger partial charge is 0.224 e. The number of nitrogen functional groups attached to an aromatic ring is 3. The van der Waals surface area contributed by atoms with Crippen molar-refractivity contribution in [3.63, 3.8) is 0 Å². The topological polar surface area (TPSA) is 130 Å². The summed E-state index contributed by atoms with van der Waals surface area (Å²) in [4.78, 5) is 16.4. The Kier molecular flexibility index (Phi) is 3.40. The molecule has 2 aromatic heterocycles. The molecule has 0 atom stereocenters. The highest BCUT2D eigenvalue weighted by Crippen LogP contribution is 2.19. The maximum Gasteiger partial charge on any atom is 0.224 e. The van der Waals surface area contributed by atoms with E-state index in [0.29, 0.717) is 17.0 Å². The number of rotatable bonds is 4. The van der Waals surface area contributed by atoms with Gasteiger partial charge in [0.05, 0.1) is 5.69 Å². The third-order valence-electron chi connectivity index (χ3n) is 2.70. The molecule has 0 fully saturated rings. The monoisotopic (exact) mass is 247 g/mol. The van der Waals surface area contributed by atoms with E-state index in [1.165, 1.54) is 0 Å². The fraction of sp³-hybridized carbons (Fsp3) is 0.455. The molecule has 18 heavy (non-hydrogen) atoms. The third kappa shape index (κ3) is 2.39. The van der Waals surface area contributed by atoms with Crippen LogP contribution in [0.3, 0.4) is 0 Å². The van der Waals surface area contributed by atoms with E-state index in [2.05, 4.69) is 26.9 Å². The lowest BCUT2D eigenvalue weighted by molar-refractivity contribution is 0.708. The zero-order chi connectivity index (χ0) is 13.1. The van der Waals surface area contributed by atoms with Crippen molar-refractivity contribution < 1.29 is 0 Å². The van der Waals surface area contributed by atoms with Crippen molar-refractivity contribution in [2.75, 3.05) is 17.2 Å². The summed E-state index contributed by atoms with van der Waals surface area (Å²) in [6.45, 7) is 2.14. The van der Waals surface area contributed by atoms with Gasteiger partial charge in [0.2, 0.25) is 5.95 Å². The van der Waals surface area contributed by atoms with Crippen molar-refractivity contribution in [1.82, 2.24) is 19.9 Å². The van der Waals surface area contributed by atoms with Crippen molar-refractivity contribution in [1.29, 1.82) is 0 Å². The quantitative estimate of drug-likeness (QED) is 0.684. The first-order chi connectivity index (χ1) is 8.61. The number of fused-ring (bicyclic) bond motifs is 1. The maximum atomic E-state index is 5.86. The van der Waals surface area contributed by atoms with Crippen LogP contribution in [-0.2, 0) is 6.42 Å². The first kappa shape index (κ1) is 12.3. The van der Waals surface area contributed by atoms with Gasteiger partial charge in [-0.1, -0.05) is 19.8 Å². The highest BCUT2D eigenvalue weighted by atomic mass is 15.1. The van der Waals surface area contributed by atoms with Crippen molar-refractivity contribution in [3.05, 3.63) is 5.69 Å². The maximum absolute atomic E-state index is 5.86. The van der Waals surface area contributed by atoms with E-state index in [9.17, 15) is 0 Å². The first-order valence-corrected chi connectivity index (χ1v) is 5.97. The predicted octanol–water partition coefficient (Wildman–Crippen LogP) is 0.899. The average molecular weight is 247 g/mol. The van der Waals surface area contributed by atoms with Gasteiger partial charge in [0, 0.05) is 0 Å². The van der Waals surface area contributed by atoms with Crippen LogP contribution in [-0.4, -0.2) is 19.9 Å².